The van der Waals surface area contributed by atoms with Crippen molar-refractivity contribution in [3.8, 4) is 17.2 Å². The van der Waals surface area contributed by atoms with Gasteiger partial charge in [-0.3, -0.25) is 9.59 Å². The molecule has 7 nitrogen and oxygen atoms in total. The van der Waals surface area contributed by atoms with Gasteiger partial charge in [0.05, 0.1) is 14.2 Å². The summed E-state index contributed by atoms with van der Waals surface area (Å²) in [6, 6.07) is 21.8. The minimum atomic E-state index is -0.317. The average Bonchev–Trinajstić information content (AvgIpc) is 2.86. The zero-order valence-electron chi connectivity index (χ0n) is 19.0. The second-order valence-corrected chi connectivity index (χ2v) is 7.24. The lowest BCUT2D eigenvalue weighted by Gasteiger charge is -2.21. The first kappa shape index (κ1) is 23.7. The normalized spacial score (nSPS) is 10.3. The molecule has 0 aliphatic heterocycles. The fourth-order valence-electron chi connectivity index (χ4n) is 3.25. The molecule has 1 N–H and O–H groups in total. The minimum absolute atomic E-state index is 0.108. The van der Waals surface area contributed by atoms with Crippen molar-refractivity contribution in [3.63, 3.8) is 0 Å². The molecule has 0 heterocycles. The lowest BCUT2D eigenvalue weighted by Crippen LogP contribution is -2.30. The summed E-state index contributed by atoms with van der Waals surface area (Å²) in [5.74, 6) is 1.04. The van der Waals surface area contributed by atoms with Gasteiger partial charge in [-0.2, -0.15) is 0 Å². The molecule has 33 heavy (non-hydrogen) atoms. The van der Waals surface area contributed by atoms with Gasteiger partial charge in [0.2, 0.25) is 0 Å². The number of carbonyl (C=O) groups excluding carboxylic acids is 2. The molecular formula is C26H28N2O5. The molecule has 0 spiro atoms. The van der Waals surface area contributed by atoms with Gasteiger partial charge in [0.25, 0.3) is 11.8 Å². The Morgan fingerprint density at radius 2 is 1.61 bits per heavy atom. The first-order chi connectivity index (χ1) is 16.0. The van der Waals surface area contributed by atoms with Crippen LogP contribution in [0, 0.1) is 0 Å². The molecule has 0 aliphatic rings. The zero-order valence-corrected chi connectivity index (χ0v) is 19.0. The molecule has 0 radical (unpaired) electrons. The SMILES string of the molecule is CCN(Cc1ccccc1)C(=O)c1ccc(OCC(=O)Nc2ccc(OC)cc2)c(OC)c1. The van der Waals surface area contributed by atoms with Crippen LogP contribution in [0.2, 0.25) is 0 Å². The molecule has 0 fully saturated rings. The maximum Gasteiger partial charge on any atom is 0.262 e. The van der Waals surface area contributed by atoms with Crippen LogP contribution in [0.3, 0.4) is 0 Å². The number of amides is 2. The first-order valence-corrected chi connectivity index (χ1v) is 10.6. The number of nitrogens with zero attached hydrogens (tertiary/aromatic N) is 1. The molecular weight excluding hydrogens is 420 g/mol. The molecule has 0 unspecified atom stereocenters. The largest absolute Gasteiger partial charge is 0.497 e. The number of nitrogens with one attached hydrogen (secondary N) is 1. The van der Waals surface area contributed by atoms with Crippen molar-refractivity contribution in [2.75, 3.05) is 32.7 Å². The number of carbonyl (C=O) groups is 2. The Morgan fingerprint density at radius 3 is 2.24 bits per heavy atom. The molecule has 172 valence electrons. The minimum Gasteiger partial charge on any atom is -0.497 e. The van der Waals surface area contributed by atoms with Gasteiger partial charge < -0.3 is 24.4 Å². The van der Waals surface area contributed by atoms with Crippen molar-refractivity contribution in [1.29, 1.82) is 0 Å². The highest BCUT2D eigenvalue weighted by Gasteiger charge is 2.17. The van der Waals surface area contributed by atoms with Gasteiger partial charge in [0, 0.05) is 24.3 Å². The smallest absolute Gasteiger partial charge is 0.262 e. The molecule has 0 saturated heterocycles. The highest BCUT2D eigenvalue weighted by molar-refractivity contribution is 5.95. The molecule has 0 saturated carbocycles. The monoisotopic (exact) mass is 448 g/mol. The average molecular weight is 449 g/mol. The Bertz CT molecular complexity index is 1070. The third kappa shape index (κ3) is 6.49. The summed E-state index contributed by atoms with van der Waals surface area (Å²) in [4.78, 5) is 27.0. The van der Waals surface area contributed by atoms with Crippen LogP contribution in [-0.2, 0) is 11.3 Å². The van der Waals surface area contributed by atoms with E-state index in [-0.39, 0.29) is 18.4 Å². The van der Waals surface area contributed by atoms with E-state index in [1.165, 1.54) is 7.11 Å². The van der Waals surface area contributed by atoms with E-state index in [2.05, 4.69) is 5.32 Å². The molecule has 0 bridgehead atoms. The molecule has 2 amide bonds. The van der Waals surface area contributed by atoms with Gasteiger partial charge >= 0.3 is 0 Å². The second kappa shape index (κ2) is 11.6. The number of methoxy groups -OCH3 is 2. The summed E-state index contributed by atoms with van der Waals surface area (Å²) >= 11 is 0. The van der Waals surface area contributed by atoms with E-state index in [9.17, 15) is 9.59 Å². The molecule has 3 aromatic rings. The number of hydrogen-bond acceptors (Lipinski definition) is 5. The Morgan fingerprint density at radius 1 is 0.879 bits per heavy atom. The van der Waals surface area contributed by atoms with Crippen molar-refractivity contribution < 1.29 is 23.8 Å². The van der Waals surface area contributed by atoms with E-state index in [0.717, 1.165) is 5.56 Å². The van der Waals surface area contributed by atoms with E-state index < -0.39 is 0 Å². The number of benzene rings is 3. The Labute approximate surface area is 193 Å². The van der Waals surface area contributed by atoms with Gasteiger partial charge in [-0.15, -0.1) is 0 Å². The molecule has 0 aliphatic carbocycles. The number of hydrogen-bond donors (Lipinski definition) is 1. The quantitative estimate of drug-likeness (QED) is 0.498. The van der Waals surface area contributed by atoms with Gasteiger partial charge in [-0.05, 0) is 55.0 Å². The number of ether oxygens (including phenoxy) is 3. The van der Waals surface area contributed by atoms with Crippen LogP contribution < -0.4 is 19.5 Å². The summed E-state index contributed by atoms with van der Waals surface area (Å²) in [6.45, 7) is 2.82. The lowest BCUT2D eigenvalue weighted by atomic mass is 10.1. The number of rotatable bonds is 10. The summed E-state index contributed by atoms with van der Waals surface area (Å²) in [5.41, 5.74) is 2.18. The van der Waals surface area contributed by atoms with E-state index in [1.54, 1.807) is 54.5 Å². The molecule has 0 atom stereocenters. The Kier molecular flexibility index (Phi) is 8.30. The highest BCUT2D eigenvalue weighted by atomic mass is 16.5. The standard InChI is InChI=1S/C26H28N2O5/c1-4-28(17-19-8-6-5-7-9-19)26(30)20-10-15-23(24(16-20)32-3)33-18-25(29)27-21-11-13-22(31-2)14-12-21/h5-16H,4,17-18H2,1-3H3,(H,27,29). The predicted molar refractivity (Wildman–Crippen MR) is 127 cm³/mol. The summed E-state index contributed by atoms with van der Waals surface area (Å²) < 4.78 is 16.1. The molecule has 3 aromatic carbocycles. The van der Waals surface area contributed by atoms with Gasteiger partial charge in [0.15, 0.2) is 18.1 Å². The van der Waals surface area contributed by atoms with Crippen molar-refractivity contribution in [2.24, 2.45) is 0 Å². The fourth-order valence-corrected chi connectivity index (χ4v) is 3.25. The van der Waals surface area contributed by atoms with Crippen molar-refractivity contribution in [3.05, 3.63) is 83.9 Å². The third-order valence-electron chi connectivity index (χ3n) is 5.03. The highest BCUT2D eigenvalue weighted by Crippen LogP contribution is 2.29. The fraction of sp³-hybridized carbons (Fsp3) is 0.231. The maximum absolute atomic E-state index is 13.0. The Hall–Kier alpha value is -4.00. The zero-order chi connectivity index (χ0) is 23.6. The number of anilines is 1. The topological polar surface area (TPSA) is 77.1 Å². The summed E-state index contributed by atoms with van der Waals surface area (Å²) in [5, 5.41) is 2.76. The Balaban J connectivity index is 1.63. The van der Waals surface area contributed by atoms with Crippen LogP contribution >= 0.6 is 0 Å². The predicted octanol–water partition coefficient (Wildman–Crippen LogP) is 4.38. The van der Waals surface area contributed by atoms with Crippen molar-refractivity contribution in [1.82, 2.24) is 4.90 Å². The van der Waals surface area contributed by atoms with Gasteiger partial charge in [0.1, 0.15) is 5.75 Å². The lowest BCUT2D eigenvalue weighted by molar-refractivity contribution is -0.118. The van der Waals surface area contributed by atoms with Gasteiger partial charge in [-0.1, -0.05) is 30.3 Å². The van der Waals surface area contributed by atoms with Crippen LogP contribution in [0.1, 0.15) is 22.8 Å². The van der Waals surface area contributed by atoms with E-state index >= 15 is 0 Å². The first-order valence-electron chi connectivity index (χ1n) is 10.6. The van der Waals surface area contributed by atoms with Crippen molar-refractivity contribution in [2.45, 2.75) is 13.5 Å². The maximum atomic E-state index is 13.0. The van der Waals surface area contributed by atoms with Gasteiger partial charge in [-0.25, -0.2) is 0 Å². The van der Waals surface area contributed by atoms with Crippen LogP contribution in [0.15, 0.2) is 72.8 Å². The second-order valence-electron chi connectivity index (χ2n) is 7.24. The van der Waals surface area contributed by atoms with E-state index in [1.807, 2.05) is 37.3 Å². The van der Waals surface area contributed by atoms with E-state index in [0.29, 0.717) is 41.6 Å². The van der Waals surface area contributed by atoms with Crippen molar-refractivity contribution >= 4 is 17.5 Å². The van der Waals surface area contributed by atoms with Crippen LogP contribution in [0.4, 0.5) is 5.69 Å². The molecule has 3 rings (SSSR count). The molecule has 0 aromatic heterocycles. The third-order valence-corrected chi connectivity index (χ3v) is 5.03. The van der Waals surface area contributed by atoms with E-state index in [4.69, 9.17) is 14.2 Å². The summed E-state index contributed by atoms with van der Waals surface area (Å²) in [6.07, 6.45) is 0. The van der Waals surface area contributed by atoms with Crippen LogP contribution in [-0.4, -0.2) is 44.1 Å². The van der Waals surface area contributed by atoms with Crippen LogP contribution in [0.5, 0.6) is 17.2 Å². The van der Waals surface area contributed by atoms with Crippen LogP contribution in [0.25, 0.3) is 0 Å². The molecule has 7 heteroatoms. The summed E-state index contributed by atoms with van der Waals surface area (Å²) in [7, 11) is 3.08.